The Morgan fingerprint density at radius 2 is 0.829 bits per heavy atom. The Hall–Kier alpha value is -4.19. The molecule has 76 heavy (non-hydrogen) atoms. The van der Waals surface area contributed by atoms with Gasteiger partial charge in [-0.3, -0.25) is 0 Å². The lowest BCUT2D eigenvalue weighted by atomic mass is 9.68. The van der Waals surface area contributed by atoms with Crippen LogP contribution in [0.2, 0.25) is 0 Å². The van der Waals surface area contributed by atoms with Crippen molar-refractivity contribution < 1.29 is 0 Å². The van der Waals surface area contributed by atoms with Crippen molar-refractivity contribution in [3.8, 4) is 53.9 Å². The summed E-state index contributed by atoms with van der Waals surface area (Å²) in [7, 11) is 0. The van der Waals surface area contributed by atoms with E-state index in [0.717, 1.165) is 115 Å². The van der Waals surface area contributed by atoms with Crippen molar-refractivity contribution in [3.63, 3.8) is 0 Å². The molecular formula is C66H82N6S4. The largest absolute Gasteiger partial charge is 0.309 e. The number of nitriles is 2. The van der Waals surface area contributed by atoms with E-state index >= 15 is 0 Å². The molecule has 5 aliphatic rings. The van der Waals surface area contributed by atoms with Crippen LogP contribution < -0.4 is 9.44 Å². The fourth-order valence-electron chi connectivity index (χ4n) is 15.1. The fraction of sp³-hybridized carbons (Fsp3) is 0.576. The summed E-state index contributed by atoms with van der Waals surface area (Å²) in [6, 6.07) is 27.0. The van der Waals surface area contributed by atoms with Crippen LogP contribution in [0, 0.1) is 70.0 Å². The van der Waals surface area contributed by atoms with Crippen molar-refractivity contribution >= 4 is 68.9 Å². The first-order chi connectivity index (χ1) is 37.5. The first-order valence-electron chi connectivity index (χ1n) is 30.2. The van der Waals surface area contributed by atoms with Crippen LogP contribution in [0.25, 0.3) is 52.8 Å². The molecule has 0 spiro atoms. The number of anilines is 2. The predicted molar refractivity (Wildman–Crippen MR) is 326 cm³/mol. The molecule has 0 bridgehead atoms. The van der Waals surface area contributed by atoms with Crippen LogP contribution in [0.1, 0.15) is 203 Å². The molecule has 6 aromatic rings. The van der Waals surface area contributed by atoms with Crippen molar-refractivity contribution in [1.29, 1.82) is 10.5 Å². The minimum Gasteiger partial charge on any atom is -0.309 e. The van der Waals surface area contributed by atoms with Crippen LogP contribution in [0.3, 0.4) is 0 Å². The minimum atomic E-state index is 0.765. The molecule has 4 fully saturated rings. The zero-order valence-corrected chi connectivity index (χ0v) is 48.9. The number of thiophene rings is 2. The van der Waals surface area contributed by atoms with Gasteiger partial charge in [0, 0.05) is 30.6 Å². The molecule has 1 aliphatic heterocycles. The average Bonchev–Trinajstić information content (AvgIpc) is 4.38. The third kappa shape index (κ3) is 12.3. The van der Waals surface area contributed by atoms with Gasteiger partial charge >= 0.3 is 0 Å². The normalized spacial score (nSPS) is 24.6. The highest BCUT2D eigenvalue weighted by Crippen LogP contribution is 2.55. The van der Waals surface area contributed by atoms with E-state index < -0.39 is 0 Å². The summed E-state index contributed by atoms with van der Waals surface area (Å²) in [5, 5.41) is 20.5. The summed E-state index contributed by atoms with van der Waals surface area (Å²) >= 11 is 6.37. The number of aryl methyl sites for hydroxylation is 2. The van der Waals surface area contributed by atoms with Crippen LogP contribution in [-0.4, -0.2) is 8.75 Å². The molecular weight excluding hydrogens is 1010 g/mol. The molecule has 0 unspecified atom stereocenters. The Labute approximate surface area is 472 Å². The summed E-state index contributed by atoms with van der Waals surface area (Å²) in [6.45, 7) is 4.64. The first-order valence-corrected chi connectivity index (χ1v) is 33.4. The summed E-state index contributed by atoms with van der Waals surface area (Å²) in [5.41, 5.74) is 12.5. The van der Waals surface area contributed by atoms with E-state index in [4.69, 9.17) is 8.75 Å². The number of aromatic nitrogens is 2. The molecule has 4 aliphatic carbocycles. The van der Waals surface area contributed by atoms with Crippen molar-refractivity contribution in [2.45, 2.75) is 194 Å². The van der Waals surface area contributed by atoms with E-state index in [9.17, 15) is 10.5 Å². The molecule has 0 saturated heterocycles. The number of benzene rings is 3. The monoisotopic (exact) mass is 1090 g/mol. The zero-order chi connectivity index (χ0) is 51.8. The van der Waals surface area contributed by atoms with Gasteiger partial charge in [0.2, 0.25) is 0 Å². The lowest BCUT2D eigenvalue weighted by Gasteiger charge is -2.38. The maximum Gasteiger partial charge on any atom is 0.116 e. The minimum absolute atomic E-state index is 0.765. The maximum absolute atomic E-state index is 10.2. The number of fused-ring (bicyclic) bond motifs is 2. The van der Waals surface area contributed by atoms with Crippen LogP contribution in [0.4, 0.5) is 11.4 Å². The molecule has 0 atom stereocenters. The van der Waals surface area contributed by atoms with Gasteiger partial charge in [0.1, 0.15) is 11.0 Å². The van der Waals surface area contributed by atoms with E-state index in [1.807, 2.05) is 0 Å². The molecule has 0 amide bonds. The lowest BCUT2D eigenvalue weighted by molar-refractivity contribution is 0.140. The number of rotatable bonds is 20. The molecule has 4 heterocycles. The van der Waals surface area contributed by atoms with Gasteiger partial charge in [0.05, 0.1) is 58.5 Å². The fourth-order valence-corrected chi connectivity index (χ4v) is 18.4. The summed E-state index contributed by atoms with van der Waals surface area (Å²) in [4.78, 5) is 4.71. The van der Waals surface area contributed by atoms with Gasteiger partial charge in [-0.05, 0) is 195 Å². The average molecular weight is 1090 g/mol. The molecule has 400 valence electrons. The van der Waals surface area contributed by atoms with Crippen molar-refractivity contribution in [2.75, 3.05) is 9.44 Å². The van der Waals surface area contributed by atoms with Gasteiger partial charge in [-0.1, -0.05) is 129 Å². The Balaban J connectivity index is 0.732. The van der Waals surface area contributed by atoms with E-state index in [0.29, 0.717) is 0 Å². The van der Waals surface area contributed by atoms with Crippen LogP contribution in [0.5, 0.6) is 0 Å². The molecule has 3 aromatic carbocycles. The second kappa shape index (κ2) is 25.7. The van der Waals surface area contributed by atoms with Gasteiger partial charge in [-0.2, -0.15) is 19.3 Å². The molecule has 2 N–H and O–H groups in total. The number of unbranched alkanes of at least 4 members (excludes halogenated alkanes) is 4. The Morgan fingerprint density at radius 1 is 0.461 bits per heavy atom. The number of hydrogen-bond acceptors (Lipinski definition) is 10. The first kappa shape index (κ1) is 53.8. The summed E-state index contributed by atoms with van der Waals surface area (Å²) < 4.78 is 17.2. The second-order valence-corrected chi connectivity index (χ2v) is 27.6. The smallest absolute Gasteiger partial charge is 0.116 e. The van der Waals surface area contributed by atoms with E-state index in [1.54, 1.807) is 22.7 Å². The predicted octanol–water partition coefficient (Wildman–Crippen LogP) is 20.9. The highest BCUT2D eigenvalue weighted by atomic mass is 32.2. The maximum atomic E-state index is 10.2. The van der Waals surface area contributed by atoms with E-state index in [1.165, 1.54) is 223 Å². The standard InChI is InChI=1S/C66H82N6S4/c1-3-5-7-9-43-11-21-47(22-12-43)49-25-15-45(16-26-49)19-29-51-39-53(31-33-55(51)41-67)57-35-37-59(73-57)61-63-65(71-75-69-63)62(66-64(61)70-76-72-66)60-38-36-58(74-60)54-32-34-56(42-68)52(40-54)30-20-46-17-27-50(28-18-46)48-23-13-44(14-24-48)10-8-6-4-2/h31-40,43-50,69,71H,3-30H2,1-2H3. The number of nitrogens with one attached hydrogen (secondary N) is 2. The Morgan fingerprint density at radius 3 is 1.20 bits per heavy atom. The van der Waals surface area contributed by atoms with Crippen LogP contribution in [-0.2, 0) is 12.8 Å². The van der Waals surface area contributed by atoms with Crippen molar-refractivity contribution in [1.82, 2.24) is 8.75 Å². The third-order valence-corrected chi connectivity index (χ3v) is 23.2. The highest BCUT2D eigenvalue weighted by molar-refractivity contribution is 8.02. The molecule has 11 rings (SSSR count). The Kier molecular flexibility index (Phi) is 18.2. The quantitative estimate of drug-likeness (QED) is 0.0581. The van der Waals surface area contributed by atoms with Gasteiger partial charge in [0.25, 0.3) is 0 Å². The van der Waals surface area contributed by atoms with Gasteiger partial charge in [0.15, 0.2) is 0 Å². The molecule has 4 saturated carbocycles. The Bertz CT molecular complexity index is 2760. The topological polar surface area (TPSA) is 97.4 Å². The number of hydrogen-bond donors (Lipinski definition) is 2. The lowest BCUT2D eigenvalue weighted by Crippen LogP contribution is -2.26. The van der Waals surface area contributed by atoms with Crippen LogP contribution in [0.15, 0.2) is 60.7 Å². The number of nitrogens with zero attached hydrogens (tertiary/aromatic N) is 4. The second-order valence-electron chi connectivity index (χ2n) is 24.3. The SMILES string of the molecule is CCCCCC1CCC(C2CCC(CCc3cc(-c4ccc(-c5c6c(c(-c7ccc(-c8ccc(C#N)c(CCC9CCC(C%10CCC(CCCCC)CC%10)CC9)c8)s7)c7nsnc57)NSN6)s4)ccc3C#N)CC2)CC1. The van der Waals surface area contributed by atoms with E-state index in [2.05, 4.69) is 96.1 Å². The highest BCUT2D eigenvalue weighted by Gasteiger charge is 2.34. The molecule has 0 radical (unpaired) electrons. The summed E-state index contributed by atoms with van der Waals surface area (Å²) in [6.07, 6.45) is 38.4. The van der Waals surface area contributed by atoms with Gasteiger partial charge in [-0.15, -0.1) is 22.7 Å². The van der Waals surface area contributed by atoms with Gasteiger partial charge < -0.3 is 9.44 Å². The van der Waals surface area contributed by atoms with Crippen molar-refractivity contribution in [2.24, 2.45) is 47.3 Å². The van der Waals surface area contributed by atoms with Crippen molar-refractivity contribution in [3.05, 3.63) is 82.9 Å². The van der Waals surface area contributed by atoms with Gasteiger partial charge in [-0.25, -0.2) is 0 Å². The molecule has 10 heteroatoms. The zero-order valence-electron chi connectivity index (χ0n) is 45.6. The molecule has 3 aromatic heterocycles. The van der Waals surface area contributed by atoms with E-state index in [-0.39, 0.29) is 0 Å². The van der Waals surface area contributed by atoms with Crippen LogP contribution >= 0.6 is 46.5 Å². The third-order valence-electron chi connectivity index (χ3n) is 19.7. The summed E-state index contributed by atoms with van der Waals surface area (Å²) in [5.74, 6) is 7.32. The molecule has 6 nitrogen and oxygen atoms in total.